The molecular weight excluding hydrogens is 296 g/mol. The van der Waals surface area contributed by atoms with Crippen LogP contribution in [0.25, 0.3) is 6.08 Å². The number of halogens is 2. The van der Waals surface area contributed by atoms with Crippen molar-refractivity contribution in [1.29, 1.82) is 0 Å². The molecule has 1 heterocycles. The lowest BCUT2D eigenvalue weighted by Crippen LogP contribution is -2.07. The molecule has 108 valence electrons. The maximum Gasteiger partial charge on any atom is 0.250 e. The van der Waals surface area contributed by atoms with Crippen LogP contribution in [-0.4, -0.2) is 16.1 Å². The van der Waals surface area contributed by atoms with Gasteiger partial charge in [0.15, 0.2) is 0 Å². The Morgan fingerprint density at radius 1 is 1.29 bits per heavy atom. The molecule has 2 aromatic rings. The van der Waals surface area contributed by atoms with Crippen molar-refractivity contribution in [2.24, 2.45) is 0 Å². The van der Waals surface area contributed by atoms with Gasteiger partial charge in [0.25, 0.3) is 0 Å². The molecule has 21 heavy (non-hydrogen) atoms. The summed E-state index contributed by atoms with van der Waals surface area (Å²) in [5, 5.41) is 11.7. The maximum absolute atomic E-state index is 13.4. The van der Waals surface area contributed by atoms with Crippen LogP contribution in [0, 0.1) is 11.6 Å². The molecule has 0 radical (unpaired) electrons. The second-order valence-electron chi connectivity index (χ2n) is 4.68. The predicted molar refractivity (Wildman–Crippen MR) is 75.9 cm³/mol. The third kappa shape index (κ3) is 3.30. The summed E-state index contributed by atoms with van der Waals surface area (Å²) >= 11 is 1.32. The molecular formula is C14H11F2N3OS. The van der Waals surface area contributed by atoms with Crippen LogP contribution in [0.15, 0.2) is 24.3 Å². The Balaban J connectivity index is 1.66. The fourth-order valence-corrected chi connectivity index (χ4v) is 2.67. The van der Waals surface area contributed by atoms with Gasteiger partial charge in [-0.2, -0.15) is 0 Å². The molecule has 1 aromatic carbocycles. The van der Waals surface area contributed by atoms with E-state index in [2.05, 4.69) is 15.5 Å². The molecule has 7 heteroatoms. The fourth-order valence-electron chi connectivity index (χ4n) is 1.76. The van der Waals surface area contributed by atoms with E-state index in [1.165, 1.54) is 17.4 Å². The van der Waals surface area contributed by atoms with E-state index in [9.17, 15) is 13.6 Å². The standard InChI is InChI=1S/C14H11F2N3OS/c15-10-2-1-3-11(16)9(10)6-7-12(20)17-14-19-18-13(21-14)8-4-5-8/h1-3,6-8H,4-5H2,(H,17,19,20)/b7-6-. The van der Waals surface area contributed by atoms with E-state index in [0.29, 0.717) is 11.0 Å². The number of nitrogens with one attached hydrogen (secondary N) is 1. The topological polar surface area (TPSA) is 54.9 Å². The predicted octanol–water partition coefficient (Wildman–Crippen LogP) is 3.35. The van der Waals surface area contributed by atoms with Gasteiger partial charge in [0.05, 0.1) is 0 Å². The van der Waals surface area contributed by atoms with Crippen molar-refractivity contribution in [2.75, 3.05) is 5.32 Å². The van der Waals surface area contributed by atoms with Gasteiger partial charge in [0, 0.05) is 17.6 Å². The molecule has 0 unspecified atom stereocenters. The zero-order valence-electron chi connectivity index (χ0n) is 10.8. The van der Waals surface area contributed by atoms with Gasteiger partial charge in [-0.3, -0.25) is 10.1 Å². The van der Waals surface area contributed by atoms with Gasteiger partial charge in [-0.25, -0.2) is 8.78 Å². The van der Waals surface area contributed by atoms with Gasteiger partial charge in [0.1, 0.15) is 16.6 Å². The SMILES string of the molecule is O=C(/C=C\c1c(F)cccc1F)Nc1nnc(C2CC2)s1. The quantitative estimate of drug-likeness (QED) is 0.881. The van der Waals surface area contributed by atoms with Gasteiger partial charge >= 0.3 is 0 Å². The first-order valence-corrected chi connectivity index (χ1v) is 7.21. The van der Waals surface area contributed by atoms with E-state index in [-0.39, 0.29) is 5.56 Å². The number of amides is 1. The molecule has 1 aromatic heterocycles. The van der Waals surface area contributed by atoms with Crippen molar-refractivity contribution in [1.82, 2.24) is 10.2 Å². The molecule has 0 spiro atoms. The molecule has 4 nitrogen and oxygen atoms in total. The summed E-state index contributed by atoms with van der Waals surface area (Å²) in [7, 11) is 0. The maximum atomic E-state index is 13.4. The minimum Gasteiger partial charge on any atom is -0.297 e. The Hall–Kier alpha value is -2.15. The summed E-state index contributed by atoms with van der Waals surface area (Å²) in [6.45, 7) is 0. The monoisotopic (exact) mass is 307 g/mol. The summed E-state index contributed by atoms with van der Waals surface area (Å²) in [4.78, 5) is 11.7. The number of benzene rings is 1. The number of anilines is 1. The van der Waals surface area contributed by atoms with Crippen LogP contribution in [-0.2, 0) is 4.79 Å². The molecule has 1 aliphatic rings. The van der Waals surface area contributed by atoms with Crippen LogP contribution in [0.5, 0.6) is 0 Å². The largest absolute Gasteiger partial charge is 0.297 e. The number of rotatable bonds is 4. The Kier molecular flexibility index (Phi) is 3.74. The molecule has 0 atom stereocenters. The summed E-state index contributed by atoms with van der Waals surface area (Å²) in [6.07, 6.45) is 4.38. The van der Waals surface area contributed by atoms with Gasteiger partial charge in [-0.1, -0.05) is 17.4 Å². The van der Waals surface area contributed by atoms with Crippen molar-refractivity contribution < 1.29 is 13.6 Å². The number of carbonyl (C=O) groups excluding carboxylic acids is 1. The summed E-state index contributed by atoms with van der Waals surface area (Å²) < 4.78 is 26.8. The molecule has 1 N–H and O–H groups in total. The molecule has 3 rings (SSSR count). The summed E-state index contributed by atoms with van der Waals surface area (Å²) in [6, 6.07) is 3.53. The lowest BCUT2D eigenvalue weighted by molar-refractivity contribution is -0.111. The number of nitrogens with zero attached hydrogens (tertiary/aromatic N) is 2. The van der Waals surface area contributed by atoms with Crippen molar-refractivity contribution in [3.63, 3.8) is 0 Å². The third-order valence-electron chi connectivity index (χ3n) is 3.00. The van der Waals surface area contributed by atoms with E-state index in [0.717, 1.165) is 42.1 Å². The van der Waals surface area contributed by atoms with Crippen LogP contribution in [0.4, 0.5) is 13.9 Å². The van der Waals surface area contributed by atoms with Crippen LogP contribution in [0.3, 0.4) is 0 Å². The molecule has 1 saturated carbocycles. The Labute approximate surface area is 123 Å². The Morgan fingerprint density at radius 2 is 2.00 bits per heavy atom. The lowest BCUT2D eigenvalue weighted by Gasteiger charge is -1.98. The van der Waals surface area contributed by atoms with Crippen LogP contribution in [0.2, 0.25) is 0 Å². The molecule has 1 fully saturated rings. The zero-order valence-corrected chi connectivity index (χ0v) is 11.7. The van der Waals surface area contributed by atoms with Crippen LogP contribution >= 0.6 is 11.3 Å². The fraction of sp³-hybridized carbons (Fsp3) is 0.214. The van der Waals surface area contributed by atoms with E-state index >= 15 is 0 Å². The van der Waals surface area contributed by atoms with Crippen molar-refractivity contribution in [3.05, 3.63) is 46.5 Å². The minimum absolute atomic E-state index is 0.247. The Morgan fingerprint density at radius 3 is 2.67 bits per heavy atom. The van der Waals surface area contributed by atoms with Crippen molar-refractivity contribution >= 4 is 28.5 Å². The first kappa shape index (κ1) is 13.8. The third-order valence-corrected chi connectivity index (χ3v) is 4.00. The summed E-state index contributed by atoms with van der Waals surface area (Å²) in [5.74, 6) is -1.47. The van der Waals surface area contributed by atoms with E-state index in [4.69, 9.17) is 0 Å². The average molecular weight is 307 g/mol. The highest BCUT2D eigenvalue weighted by molar-refractivity contribution is 7.15. The van der Waals surface area contributed by atoms with Gasteiger partial charge in [-0.05, 0) is 31.1 Å². The normalized spacial score (nSPS) is 14.6. The minimum atomic E-state index is -0.717. The number of aromatic nitrogens is 2. The van der Waals surface area contributed by atoms with Gasteiger partial charge in [-0.15, -0.1) is 10.2 Å². The Bertz CT molecular complexity index is 690. The van der Waals surface area contributed by atoms with Gasteiger partial charge in [0.2, 0.25) is 11.0 Å². The second kappa shape index (κ2) is 5.69. The number of carbonyl (C=O) groups is 1. The highest BCUT2D eigenvalue weighted by Gasteiger charge is 2.27. The number of hydrogen-bond acceptors (Lipinski definition) is 4. The van der Waals surface area contributed by atoms with Crippen LogP contribution < -0.4 is 5.32 Å². The van der Waals surface area contributed by atoms with Crippen molar-refractivity contribution in [3.8, 4) is 0 Å². The smallest absolute Gasteiger partial charge is 0.250 e. The van der Waals surface area contributed by atoms with E-state index in [1.54, 1.807) is 0 Å². The first-order chi connectivity index (χ1) is 10.1. The number of hydrogen-bond donors (Lipinski definition) is 1. The molecule has 1 amide bonds. The van der Waals surface area contributed by atoms with Crippen molar-refractivity contribution in [2.45, 2.75) is 18.8 Å². The molecule has 0 saturated heterocycles. The van der Waals surface area contributed by atoms with Crippen LogP contribution in [0.1, 0.15) is 29.3 Å². The first-order valence-electron chi connectivity index (χ1n) is 6.40. The second-order valence-corrected chi connectivity index (χ2v) is 5.69. The average Bonchev–Trinajstić information content (AvgIpc) is 3.19. The van der Waals surface area contributed by atoms with Gasteiger partial charge < -0.3 is 0 Å². The lowest BCUT2D eigenvalue weighted by atomic mass is 10.2. The highest BCUT2D eigenvalue weighted by Crippen LogP contribution is 2.42. The molecule has 1 aliphatic carbocycles. The highest BCUT2D eigenvalue weighted by atomic mass is 32.1. The summed E-state index contributed by atoms with van der Waals surface area (Å²) in [5.41, 5.74) is -0.247. The molecule has 0 aliphatic heterocycles. The van der Waals surface area contributed by atoms with E-state index in [1.807, 2.05) is 0 Å². The van der Waals surface area contributed by atoms with E-state index < -0.39 is 17.5 Å². The zero-order chi connectivity index (χ0) is 14.8. The molecule has 0 bridgehead atoms.